The number of hydrogen-bond acceptors (Lipinski definition) is 8. The topological polar surface area (TPSA) is 111 Å². The normalized spacial score (nSPS) is 18.8. The van der Waals surface area contributed by atoms with E-state index >= 15 is 0 Å². The molecule has 50 heavy (non-hydrogen) atoms. The van der Waals surface area contributed by atoms with Gasteiger partial charge in [0.05, 0.1) is 11.1 Å². The van der Waals surface area contributed by atoms with Crippen molar-refractivity contribution < 1.29 is 27.8 Å². The minimum absolute atomic E-state index is 0.147. The lowest BCUT2D eigenvalue weighted by molar-refractivity contribution is -0.129. The maximum Gasteiger partial charge on any atom is 0.259 e. The van der Waals surface area contributed by atoms with Crippen molar-refractivity contribution in [1.29, 1.82) is 0 Å². The Hall–Kier alpha value is -5.56. The fraction of sp³-hybridized carbons (Fsp3) is 0.316. The summed E-state index contributed by atoms with van der Waals surface area (Å²) in [5.74, 6) is 11.2. The van der Waals surface area contributed by atoms with Crippen molar-refractivity contribution in [1.82, 2.24) is 19.9 Å². The van der Waals surface area contributed by atoms with Gasteiger partial charge < -0.3 is 9.47 Å². The van der Waals surface area contributed by atoms with Crippen LogP contribution in [0.1, 0.15) is 49.9 Å². The molecule has 12 heteroatoms. The Morgan fingerprint density at radius 2 is 0.960 bits per heavy atom. The number of nitrogens with zero attached hydrogens (tertiary/aromatic N) is 6. The van der Waals surface area contributed by atoms with Gasteiger partial charge in [-0.2, -0.15) is 0 Å². The molecule has 6 rings (SSSR count). The van der Waals surface area contributed by atoms with Gasteiger partial charge in [0.25, 0.3) is 11.8 Å². The van der Waals surface area contributed by atoms with Crippen LogP contribution in [-0.2, 0) is 19.1 Å². The number of rotatable bonds is 4. The zero-order valence-corrected chi connectivity index (χ0v) is 28.6. The average molecular weight is 679 g/mol. The van der Waals surface area contributed by atoms with Crippen molar-refractivity contribution in [3.05, 3.63) is 107 Å². The second kappa shape index (κ2) is 14.9. The van der Waals surface area contributed by atoms with Gasteiger partial charge in [0.15, 0.2) is 0 Å². The van der Waals surface area contributed by atoms with Crippen LogP contribution < -0.4 is 9.80 Å². The van der Waals surface area contributed by atoms with Crippen LogP contribution in [0.5, 0.6) is 0 Å². The first kappa shape index (κ1) is 35.7. The van der Waals surface area contributed by atoms with E-state index in [-0.39, 0.29) is 34.3 Å². The second-order valence-corrected chi connectivity index (χ2v) is 13.1. The van der Waals surface area contributed by atoms with Crippen molar-refractivity contribution in [2.75, 3.05) is 37.1 Å². The summed E-state index contributed by atoms with van der Waals surface area (Å²) in [5.41, 5.74) is 1.69. The summed E-state index contributed by atoms with van der Waals surface area (Å²) in [4.78, 5) is 44.9. The highest BCUT2D eigenvalue weighted by Gasteiger charge is 2.49. The molecule has 2 amide bonds. The summed E-state index contributed by atoms with van der Waals surface area (Å²) in [6.07, 6.45) is 5.18. The van der Waals surface area contributed by atoms with E-state index in [1.54, 1.807) is 49.1 Å². The third kappa shape index (κ3) is 8.17. The molecule has 0 unspecified atom stereocenters. The number of hydrogen-bond donors (Lipinski definition) is 0. The van der Waals surface area contributed by atoms with E-state index in [1.165, 1.54) is 48.3 Å². The number of methoxy groups -OCH3 is 2. The van der Waals surface area contributed by atoms with E-state index in [0.29, 0.717) is 47.2 Å². The lowest BCUT2D eigenvalue weighted by Crippen LogP contribution is -2.33. The number of aromatic nitrogens is 4. The summed E-state index contributed by atoms with van der Waals surface area (Å²) in [5, 5.41) is 0. The fourth-order valence-electron chi connectivity index (χ4n) is 5.74. The predicted molar refractivity (Wildman–Crippen MR) is 183 cm³/mol. The molecular weight excluding hydrogens is 642 g/mol. The van der Waals surface area contributed by atoms with E-state index in [2.05, 4.69) is 43.6 Å². The summed E-state index contributed by atoms with van der Waals surface area (Å²) >= 11 is 0. The van der Waals surface area contributed by atoms with Gasteiger partial charge >= 0.3 is 0 Å². The number of amides is 2. The van der Waals surface area contributed by atoms with Crippen molar-refractivity contribution in [3.63, 3.8) is 0 Å². The van der Waals surface area contributed by atoms with E-state index in [0.717, 1.165) is 0 Å². The van der Waals surface area contributed by atoms with Crippen molar-refractivity contribution in [3.8, 4) is 23.7 Å². The highest BCUT2D eigenvalue weighted by molar-refractivity contribution is 5.99. The summed E-state index contributed by atoms with van der Waals surface area (Å²) in [6.45, 7) is 8.85. The Morgan fingerprint density at radius 1 is 0.620 bits per heavy atom. The number of carbonyl (C=O) groups is 2. The minimum Gasteiger partial charge on any atom is -0.371 e. The quantitative estimate of drug-likeness (QED) is 0.283. The van der Waals surface area contributed by atoms with Gasteiger partial charge in [-0.15, -0.1) is 0 Å². The van der Waals surface area contributed by atoms with E-state index < -0.39 is 12.2 Å². The number of halogens is 2. The zero-order chi connectivity index (χ0) is 36.1. The molecular formula is C38H36F2N6O4. The van der Waals surface area contributed by atoms with Crippen LogP contribution in [0.25, 0.3) is 0 Å². The van der Waals surface area contributed by atoms with Crippen LogP contribution in [0.3, 0.4) is 0 Å². The molecule has 4 heterocycles. The molecule has 2 aromatic carbocycles. The standard InChI is InChI=1S/2C19H18FN3O2/c2*1-19(2)12-23(17(24)16(19)25-3)18-21-10-14(11-22-18)8-7-13-5-4-6-15(20)9-13/h2*4-6,9-11,16H,12H2,1-3H3/t2*16-/m10/s1. The Bertz CT molecular complexity index is 1850. The molecule has 2 atom stereocenters. The molecule has 10 nitrogen and oxygen atoms in total. The summed E-state index contributed by atoms with van der Waals surface area (Å²) in [7, 11) is 3.06. The molecule has 2 aliphatic heterocycles. The molecule has 0 saturated carbocycles. The van der Waals surface area contributed by atoms with Gasteiger partial charge in [0.2, 0.25) is 11.9 Å². The van der Waals surface area contributed by atoms with Gasteiger partial charge in [-0.3, -0.25) is 19.4 Å². The van der Waals surface area contributed by atoms with Gasteiger partial charge in [0, 0.05) is 74.1 Å². The predicted octanol–water partition coefficient (Wildman–Crippen LogP) is 4.81. The third-order valence-corrected chi connectivity index (χ3v) is 8.11. The van der Waals surface area contributed by atoms with Gasteiger partial charge in [-0.1, -0.05) is 63.5 Å². The molecule has 4 aromatic rings. The lowest BCUT2D eigenvalue weighted by Gasteiger charge is -2.21. The van der Waals surface area contributed by atoms with Crippen LogP contribution in [-0.4, -0.2) is 71.3 Å². The molecule has 2 fully saturated rings. The van der Waals surface area contributed by atoms with Crippen LogP contribution in [0, 0.1) is 46.1 Å². The highest BCUT2D eigenvalue weighted by Crippen LogP contribution is 2.35. The maximum atomic E-state index is 13.1. The number of ether oxygens (including phenoxy) is 2. The van der Waals surface area contributed by atoms with Crippen LogP contribution in [0.4, 0.5) is 20.7 Å². The minimum atomic E-state index is -0.511. The largest absolute Gasteiger partial charge is 0.371 e. The third-order valence-electron chi connectivity index (χ3n) is 8.11. The van der Waals surface area contributed by atoms with Gasteiger partial charge in [-0.05, 0) is 36.4 Å². The first-order valence-corrected chi connectivity index (χ1v) is 15.7. The number of carbonyl (C=O) groups excluding carboxylic acids is 2. The molecule has 0 N–H and O–H groups in total. The van der Waals surface area contributed by atoms with Gasteiger partial charge in [-0.25, -0.2) is 28.7 Å². The number of benzene rings is 2. The van der Waals surface area contributed by atoms with Crippen molar-refractivity contribution in [2.24, 2.45) is 10.8 Å². The summed E-state index contributed by atoms with van der Waals surface area (Å²) in [6, 6.07) is 12.1. The van der Waals surface area contributed by atoms with Gasteiger partial charge in [0.1, 0.15) is 23.8 Å². The Balaban J connectivity index is 0.000000194. The van der Waals surface area contributed by atoms with Crippen LogP contribution in [0.2, 0.25) is 0 Å². The first-order chi connectivity index (χ1) is 23.8. The molecule has 2 saturated heterocycles. The Morgan fingerprint density at radius 3 is 1.26 bits per heavy atom. The van der Waals surface area contributed by atoms with E-state index in [9.17, 15) is 18.4 Å². The monoisotopic (exact) mass is 678 g/mol. The Labute approximate surface area is 289 Å². The average Bonchev–Trinajstić information content (AvgIpc) is 3.47. The number of anilines is 2. The smallest absolute Gasteiger partial charge is 0.259 e. The molecule has 0 radical (unpaired) electrons. The fourth-order valence-corrected chi connectivity index (χ4v) is 5.74. The molecule has 0 aliphatic carbocycles. The SMILES string of the molecule is CO[C@@H]1C(=O)N(c2ncc(C#Cc3cccc(F)c3)cn2)CC1(C)C.CO[C@H]1C(=O)N(c2ncc(C#Cc3cccc(F)c3)cn2)CC1(C)C. The first-order valence-electron chi connectivity index (χ1n) is 15.7. The van der Waals surface area contributed by atoms with Crippen LogP contribution >= 0.6 is 0 Å². The van der Waals surface area contributed by atoms with E-state index in [4.69, 9.17) is 9.47 Å². The summed E-state index contributed by atoms with van der Waals surface area (Å²) < 4.78 is 36.9. The van der Waals surface area contributed by atoms with Crippen LogP contribution in [0.15, 0.2) is 73.3 Å². The van der Waals surface area contributed by atoms with Crippen molar-refractivity contribution in [2.45, 2.75) is 39.9 Å². The molecule has 2 aromatic heterocycles. The maximum absolute atomic E-state index is 13.1. The molecule has 2 aliphatic rings. The Kier molecular flexibility index (Phi) is 10.7. The highest BCUT2D eigenvalue weighted by atomic mass is 19.1. The van der Waals surface area contributed by atoms with E-state index in [1.807, 2.05) is 27.7 Å². The molecule has 256 valence electrons. The lowest BCUT2D eigenvalue weighted by atomic mass is 9.90. The molecule has 0 bridgehead atoms. The molecule has 0 spiro atoms. The van der Waals surface area contributed by atoms with Crippen molar-refractivity contribution >= 4 is 23.7 Å². The zero-order valence-electron chi connectivity index (χ0n) is 28.6. The second-order valence-electron chi connectivity index (χ2n) is 13.1.